The lowest BCUT2D eigenvalue weighted by Gasteiger charge is -2.32. The molecule has 0 bridgehead atoms. The summed E-state index contributed by atoms with van der Waals surface area (Å²) >= 11 is 0. The number of fused-ring (bicyclic) bond motifs is 2. The van der Waals surface area contributed by atoms with E-state index in [1.807, 2.05) is 29.2 Å². The van der Waals surface area contributed by atoms with Crippen LogP contribution in [0.2, 0.25) is 0 Å². The quantitative estimate of drug-likeness (QED) is 0.740. The van der Waals surface area contributed by atoms with E-state index in [2.05, 4.69) is 24.0 Å². The SMILES string of the molecule is Cc1cccc2[nH]c(C3CCN(C(=O)c4cccc5c4OCCO5)CC3)nc12. The molecular weight excluding hydrogens is 354 g/mol. The zero-order chi connectivity index (χ0) is 19.1. The number of H-pyrrole nitrogens is 1. The molecule has 5 rings (SSSR count). The van der Waals surface area contributed by atoms with Gasteiger partial charge in [-0.1, -0.05) is 18.2 Å². The van der Waals surface area contributed by atoms with Crippen LogP contribution in [0.25, 0.3) is 11.0 Å². The molecule has 1 amide bonds. The molecule has 0 spiro atoms. The molecule has 3 heterocycles. The first-order chi connectivity index (χ1) is 13.7. The molecule has 0 saturated carbocycles. The van der Waals surface area contributed by atoms with Crippen LogP contribution in [0, 0.1) is 6.92 Å². The lowest BCUT2D eigenvalue weighted by atomic mass is 9.95. The van der Waals surface area contributed by atoms with Gasteiger partial charge in [0.1, 0.15) is 19.0 Å². The molecule has 6 heteroatoms. The Morgan fingerprint density at radius 3 is 2.71 bits per heavy atom. The number of aryl methyl sites for hydroxylation is 1. The smallest absolute Gasteiger partial charge is 0.257 e. The Bertz CT molecular complexity index is 1030. The van der Waals surface area contributed by atoms with E-state index in [-0.39, 0.29) is 5.91 Å². The van der Waals surface area contributed by atoms with Gasteiger partial charge in [-0.3, -0.25) is 4.79 Å². The lowest BCUT2D eigenvalue weighted by Crippen LogP contribution is -2.38. The fourth-order valence-corrected chi connectivity index (χ4v) is 4.16. The van der Waals surface area contributed by atoms with Gasteiger partial charge in [-0.15, -0.1) is 0 Å². The monoisotopic (exact) mass is 377 g/mol. The van der Waals surface area contributed by atoms with Gasteiger partial charge in [0.25, 0.3) is 5.91 Å². The molecule has 6 nitrogen and oxygen atoms in total. The molecule has 1 saturated heterocycles. The molecule has 0 aliphatic carbocycles. The van der Waals surface area contributed by atoms with E-state index >= 15 is 0 Å². The van der Waals surface area contributed by atoms with E-state index in [1.54, 1.807) is 0 Å². The van der Waals surface area contributed by atoms with Crippen LogP contribution in [-0.2, 0) is 0 Å². The highest BCUT2D eigenvalue weighted by Gasteiger charge is 2.29. The van der Waals surface area contributed by atoms with Crippen molar-refractivity contribution in [3.05, 3.63) is 53.3 Å². The van der Waals surface area contributed by atoms with Crippen molar-refractivity contribution < 1.29 is 14.3 Å². The number of imidazole rings is 1. The number of piperidine rings is 1. The van der Waals surface area contributed by atoms with Gasteiger partial charge in [-0.2, -0.15) is 0 Å². The number of benzene rings is 2. The van der Waals surface area contributed by atoms with Crippen LogP contribution in [0.5, 0.6) is 11.5 Å². The minimum Gasteiger partial charge on any atom is -0.486 e. The van der Waals surface area contributed by atoms with Crippen LogP contribution < -0.4 is 9.47 Å². The van der Waals surface area contributed by atoms with E-state index in [9.17, 15) is 4.79 Å². The Balaban J connectivity index is 1.32. The van der Waals surface area contributed by atoms with E-state index < -0.39 is 0 Å². The number of carbonyl (C=O) groups is 1. The molecule has 1 fully saturated rings. The first-order valence-electron chi connectivity index (χ1n) is 9.84. The maximum Gasteiger partial charge on any atom is 0.257 e. The lowest BCUT2D eigenvalue weighted by molar-refractivity contribution is 0.0701. The van der Waals surface area contributed by atoms with Crippen molar-refractivity contribution in [1.82, 2.24) is 14.9 Å². The normalized spacial score (nSPS) is 17.1. The standard InChI is InChI=1S/C22H23N3O3/c1-14-4-2-6-17-19(14)24-21(23-17)15-8-10-25(11-9-15)22(26)16-5-3-7-18-20(16)28-13-12-27-18/h2-7,15H,8-13H2,1H3,(H,23,24). The summed E-state index contributed by atoms with van der Waals surface area (Å²) < 4.78 is 11.3. The summed E-state index contributed by atoms with van der Waals surface area (Å²) in [4.78, 5) is 23.3. The molecule has 0 unspecified atom stereocenters. The van der Waals surface area contributed by atoms with Gasteiger partial charge in [0, 0.05) is 19.0 Å². The Morgan fingerprint density at radius 2 is 1.89 bits per heavy atom. The van der Waals surface area contributed by atoms with Crippen molar-refractivity contribution in [2.45, 2.75) is 25.7 Å². The summed E-state index contributed by atoms with van der Waals surface area (Å²) in [6, 6.07) is 11.7. The second-order valence-electron chi connectivity index (χ2n) is 7.49. The minimum absolute atomic E-state index is 0.0150. The summed E-state index contributed by atoms with van der Waals surface area (Å²) in [5, 5.41) is 0. The number of aromatic amines is 1. The van der Waals surface area contributed by atoms with E-state index in [0.29, 0.717) is 49.3 Å². The maximum atomic E-state index is 13.1. The third-order valence-electron chi connectivity index (χ3n) is 5.70. The molecule has 2 aliphatic heterocycles. The predicted octanol–water partition coefficient (Wildman–Crippen LogP) is 3.66. The highest BCUT2D eigenvalue weighted by Crippen LogP contribution is 2.35. The Morgan fingerprint density at radius 1 is 1.11 bits per heavy atom. The number of para-hydroxylation sites is 2. The predicted molar refractivity (Wildman–Crippen MR) is 106 cm³/mol. The first-order valence-corrected chi connectivity index (χ1v) is 9.84. The third kappa shape index (κ3) is 2.89. The summed E-state index contributed by atoms with van der Waals surface area (Å²) in [5.74, 6) is 2.63. The van der Waals surface area contributed by atoms with Crippen molar-refractivity contribution in [2.75, 3.05) is 26.3 Å². The largest absolute Gasteiger partial charge is 0.486 e. The molecule has 2 aliphatic rings. The van der Waals surface area contributed by atoms with Crippen molar-refractivity contribution in [2.24, 2.45) is 0 Å². The average molecular weight is 377 g/mol. The Kier molecular flexibility index (Phi) is 4.19. The van der Waals surface area contributed by atoms with Crippen molar-refractivity contribution in [3.8, 4) is 11.5 Å². The van der Waals surface area contributed by atoms with Gasteiger partial charge < -0.3 is 19.4 Å². The molecule has 0 radical (unpaired) electrons. The third-order valence-corrected chi connectivity index (χ3v) is 5.70. The zero-order valence-electron chi connectivity index (χ0n) is 15.9. The number of hydrogen-bond acceptors (Lipinski definition) is 4. The van der Waals surface area contributed by atoms with Gasteiger partial charge in [-0.25, -0.2) is 4.98 Å². The zero-order valence-corrected chi connectivity index (χ0v) is 15.9. The minimum atomic E-state index is 0.0150. The Hall–Kier alpha value is -3.02. The molecular formula is C22H23N3O3. The van der Waals surface area contributed by atoms with E-state index in [4.69, 9.17) is 14.5 Å². The number of rotatable bonds is 2. The van der Waals surface area contributed by atoms with Gasteiger partial charge >= 0.3 is 0 Å². The van der Waals surface area contributed by atoms with E-state index in [1.165, 1.54) is 5.56 Å². The molecule has 1 aromatic heterocycles. The van der Waals surface area contributed by atoms with Crippen LogP contribution in [0.15, 0.2) is 36.4 Å². The number of nitrogens with zero attached hydrogens (tertiary/aromatic N) is 2. The number of ether oxygens (including phenoxy) is 2. The first kappa shape index (κ1) is 17.1. The number of aromatic nitrogens is 2. The highest BCUT2D eigenvalue weighted by molar-refractivity contribution is 5.98. The molecule has 2 aromatic carbocycles. The maximum absolute atomic E-state index is 13.1. The van der Waals surface area contributed by atoms with Crippen molar-refractivity contribution in [1.29, 1.82) is 0 Å². The van der Waals surface area contributed by atoms with Gasteiger partial charge in [0.2, 0.25) is 0 Å². The van der Waals surface area contributed by atoms with Crippen LogP contribution in [0.3, 0.4) is 0 Å². The molecule has 1 N–H and O–H groups in total. The highest BCUT2D eigenvalue weighted by atomic mass is 16.6. The van der Waals surface area contributed by atoms with Crippen LogP contribution >= 0.6 is 0 Å². The molecule has 3 aromatic rings. The number of carbonyl (C=O) groups excluding carboxylic acids is 1. The second kappa shape index (κ2) is 6.86. The van der Waals surface area contributed by atoms with Crippen molar-refractivity contribution in [3.63, 3.8) is 0 Å². The Labute approximate surface area is 163 Å². The van der Waals surface area contributed by atoms with Crippen molar-refractivity contribution >= 4 is 16.9 Å². The average Bonchev–Trinajstić information content (AvgIpc) is 3.19. The second-order valence-corrected chi connectivity index (χ2v) is 7.49. The summed E-state index contributed by atoms with van der Waals surface area (Å²) in [6.07, 6.45) is 1.80. The topological polar surface area (TPSA) is 67.5 Å². The van der Waals surface area contributed by atoms with Gasteiger partial charge in [0.05, 0.1) is 16.6 Å². The van der Waals surface area contributed by atoms with Crippen LogP contribution in [-0.4, -0.2) is 47.1 Å². The summed E-state index contributed by atoms with van der Waals surface area (Å²) in [7, 11) is 0. The summed E-state index contributed by atoms with van der Waals surface area (Å²) in [5.41, 5.74) is 3.91. The fraction of sp³-hybridized carbons (Fsp3) is 0.364. The number of likely N-dealkylation sites (tertiary alicyclic amines) is 1. The number of amides is 1. The molecule has 0 atom stereocenters. The van der Waals surface area contributed by atoms with E-state index in [0.717, 1.165) is 29.7 Å². The van der Waals surface area contributed by atoms with Gasteiger partial charge in [0.15, 0.2) is 11.5 Å². The molecule has 144 valence electrons. The van der Waals surface area contributed by atoms with Gasteiger partial charge in [-0.05, 0) is 43.5 Å². The number of nitrogens with one attached hydrogen (secondary N) is 1. The molecule has 28 heavy (non-hydrogen) atoms. The van der Waals surface area contributed by atoms with Crippen LogP contribution in [0.4, 0.5) is 0 Å². The van der Waals surface area contributed by atoms with Crippen LogP contribution in [0.1, 0.15) is 40.5 Å². The fourth-order valence-electron chi connectivity index (χ4n) is 4.16. The summed E-state index contributed by atoms with van der Waals surface area (Å²) in [6.45, 7) is 4.51. The number of hydrogen-bond donors (Lipinski definition) is 1.